The smallest absolute Gasteiger partial charge is 0.338 e. The third-order valence-corrected chi connectivity index (χ3v) is 4.03. The average Bonchev–Trinajstić information content (AvgIpc) is 2.90. The van der Waals surface area contributed by atoms with Crippen molar-refractivity contribution in [1.82, 2.24) is 0 Å². The Morgan fingerprint density at radius 3 is 2.52 bits per heavy atom. The average molecular weight is 374 g/mol. The van der Waals surface area contributed by atoms with Crippen molar-refractivity contribution in [2.24, 2.45) is 0 Å². The lowest BCUT2D eigenvalue weighted by molar-refractivity contribution is -0.121. The van der Waals surface area contributed by atoms with Crippen LogP contribution in [0.1, 0.15) is 23.7 Å². The molecule has 2 aromatic rings. The molecule has 2 amide bonds. The number of rotatable bonds is 5. The predicted octanol–water partition coefficient (Wildman–Crippen LogP) is 2.89. The molecule has 140 valence electrons. The van der Waals surface area contributed by atoms with Gasteiger partial charge in [-0.15, -0.1) is 0 Å². The maximum Gasteiger partial charge on any atom is 0.338 e. The van der Waals surface area contributed by atoms with E-state index >= 15 is 0 Å². The number of anilines is 2. The van der Waals surface area contributed by atoms with Crippen LogP contribution in [0, 0.1) is 11.6 Å². The van der Waals surface area contributed by atoms with E-state index < -0.39 is 35.5 Å². The summed E-state index contributed by atoms with van der Waals surface area (Å²) in [5.41, 5.74) is 0.579. The second kappa shape index (κ2) is 7.53. The highest BCUT2D eigenvalue weighted by Gasteiger charge is 2.40. The van der Waals surface area contributed by atoms with Crippen LogP contribution in [-0.4, -0.2) is 30.4 Å². The maximum absolute atomic E-state index is 13.9. The SMILES string of the molecule is CCOC(=O)c1ccc(N[C@H]2CC(=O)N(c3ccc(F)cc3F)C2=O)cc1. The van der Waals surface area contributed by atoms with Crippen molar-refractivity contribution >= 4 is 29.2 Å². The second-order valence-electron chi connectivity index (χ2n) is 5.86. The number of imide groups is 1. The molecule has 1 N–H and O–H groups in total. The van der Waals surface area contributed by atoms with Gasteiger partial charge in [0.25, 0.3) is 5.91 Å². The molecule has 0 aliphatic carbocycles. The van der Waals surface area contributed by atoms with E-state index in [-0.39, 0.29) is 18.7 Å². The van der Waals surface area contributed by atoms with Crippen LogP contribution in [0.2, 0.25) is 0 Å². The summed E-state index contributed by atoms with van der Waals surface area (Å²) in [7, 11) is 0. The number of nitrogens with zero attached hydrogens (tertiary/aromatic N) is 1. The van der Waals surface area contributed by atoms with E-state index in [9.17, 15) is 23.2 Å². The summed E-state index contributed by atoms with van der Waals surface area (Å²) in [6.45, 7) is 1.96. The van der Waals surface area contributed by atoms with Crippen molar-refractivity contribution in [3.8, 4) is 0 Å². The predicted molar refractivity (Wildman–Crippen MR) is 93.3 cm³/mol. The van der Waals surface area contributed by atoms with Gasteiger partial charge in [-0.3, -0.25) is 9.59 Å². The summed E-state index contributed by atoms with van der Waals surface area (Å²) in [5.74, 6) is -3.48. The number of esters is 1. The topological polar surface area (TPSA) is 75.7 Å². The van der Waals surface area contributed by atoms with Crippen LogP contribution >= 0.6 is 0 Å². The minimum Gasteiger partial charge on any atom is -0.462 e. The van der Waals surface area contributed by atoms with Crippen LogP contribution in [0.4, 0.5) is 20.2 Å². The molecule has 0 unspecified atom stereocenters. The summed E-state index contributed by atoms with van der Waals surface area (Å²) >= 11 is 0. The van der Waals surface area contributed by atoms with Crippen molar-refractivity contribution in [1.29, 1.82) is 0 Å². The molecule has 1 aliphatic rings. The molecule has 1 fully saturated rings. The van der Waals surface area contributed by atoms with E-state index in [4.69, 9.17) is 4.74 Å². The number of benzene rings is 2. The zero-order chi connectivity index (χ0) is 19.6. The molecule has 0 radical (unpaired) electrons. The summed E-state index contributed by atoms with van der Waals surface area (Å²) in [5, 5.41) is 2.89. The first kappa shape index (κ1) is 18.5. The van der Waals surface area contributed by atoms with Gasteiger partial charge >= 0.3 is 5.97 Å². The highest BCUT2D eigenvalue weighted by Crippen LogP contribution is 2.27. The number of hydrogen-bond donors (Lipinski definition) is 1. The Labute approximate surface area is 153 Å². The fourth-order valence-electron chi connectivity index (χ4n) is 2.78. The van der Waals surface area contributed by atoms with E-state index in [0.717, 1.165) is 12.1 Å². The quantitative estimate of drug-likeness (QED) is 0.643. The first-order chi connectivity index (χ1) is 12.9. The van der Waals surface area contributed by atoms with E-state index in [2.05, 4.69) is 5.32 Å². The monoisotopic (exact) mass is 374 g/mol. The van der Waals surface area contributed by atoms with Crippen molar-refractivity contribution in [2.75, 3.05) is 16.8 Å². The van der Waals surface area contributed by atoms with Gasteiger partial charge in [0.1, 0.15) is 17.7 Å². The molecular formula is C19H16F2N2O4. The molecule has 1 atom stereocenters. The van der Waals surface area contributed by atoms with Gasteiger partial charge in [0.15, 0.2) is 0 Å². The summed E-state index contributed by atoms with van der Waals surface area (Å²) in [6, 6.07) is 7.96. The fraction of sp³-hybridized carbons (Fsp3) is 0.211. The molecule has 0 aromatic heterocycles. The van der Waals surface area contributed by atoms with Crippen LogP contribution in [0.15, 0.2) is 42.5 Å². The number of halogens is 2. The molecule has 0 spiro atoms. The Morgan fingerprint density at radius 1 is 1.19 bits per heavy atom. The Kier molecular flexibility index (Phi) is 5.16. The van der Waals surface area contributed by atoms with Gasteiger partial charge in [-0.2, -0.15) is 0 Å². The highest BCUT2D eigenvalue weighted by molar-refractivity contribution is 6.23. The van der Waals surface area contributed by atoms with Gasteiger partial charge in [0, 0.05) is 11.8 Å². The zero-order valence-electron chi connectivity index (χ0n) is 14.4. The van der Waals surface area contributed by atoms with E-state index in [1.807, 2.05) is 0 Å². The van der Waals surface area contributed by atoms with Crippen LogP contribution in [-0.2, 0) is 14.3 Å². The first-order valence-electron chi connectivity index (χ1n) is 8.26. The van der Waals surface area contributed by atoms with Crippen LogP contribution in [0.25, 0.3) is 0 Å². The minimum atomic E-state index is -0.990. The van der Waals surface area contributed by atoms with Gasteiger partial charge in [-0.25, -0.2) is 18.5 Å². The summed E-state index contributed by atoms with van der Waals surface area (Å²) < 4.78 is 31.9. The van der Waals surface area contributed by atoms with Crippen LogP contribution < -0.4 is 10.2 Å². The van der Waals surface area contributed by atoms with E-state index in [1.54, 1.807) is 19.1 Å². The number of hydrogen-bond acceptors (Lipinski definition) is 5. The Morgan fingerprint density at radius 2 is 1.89 bits per heavy atom. The second-order valence-corrected chi connectivity index (χ2v) is 5.86. The van der Waals surface area contributed by atoms with Gasteiger partial charge in [-0.1, -0.05) is 0 Å². The van der Waals surface area contributed by atoms with Crippen molar-refractivity contribution in [3.63, 3.8) is 0 Å². The van der Waals surface area contributed by atoms with Crippen LogP contribution in [0.5, 0.6) is 0 Å². The normalized spacial score (nSPS) is 16.6. The Hall–Kier alpha value is -3.29. The molecule has 2 aromatic carbocycles. The first-order valence-corrected chi connectivity index (χ1v) is 8.26. The molecule has 3 rings (SSSR count). The molecule has 8 heteroatoms. The van der Waals surface area contributed by atoms with Gasteiger partial charge in [-0.05, 0) is 43.3 Å². The molecule has 27 heavy (non-hydrogen) atoms. The number of ether oxygens (including phenoxy) is 1. The number of amides is 2. The Bertz CT molecular complexity index is 899. The van der Waals surface area contributed by atoms with E-state index in [0.29, 0.717) is 22.2 Å². The lowest BCUT2D eigenvalue weighted by Gasteiger charge is -2.17. The molecular weight excluding hydrogens is 358 g/mol. The fourth-order valence-corrected chi connectivity index (χ4v) is 2.78. The van der Waals surface area contributed by atoms with Crippen molar-refractivity contribution < 1.29 is 27.9 Å². The third-order valence-electron chi connectivity index (χ3n) is 4.03. The molecule has 1 aliphatic heterocycles. The number of carbonyl (C=O) groups excluding carboxylic acids is 3. The zero-order valence-corrected chi connectivity index (χ0v) is 14.4. The molecule has 0 saturated carbocycles. The van der Waals surface area contributed by atoms with Crippen molar-refractivity contribution in [3.05, 3.63) is 59.7 Å². The highest BCUT2D eigenvalue weighted by atomic mass is 19.1. The summed E-state index contributed by atoms with van der Waals surface area (Å²) in [6.07, 6.45) is -0.171. The van der Waals surface area contributed by atoms with Crippen molar-refractivity contribution in [2.45, 2.75) is 19.4 Å². The van der Waals surface area contributed by atoms with Crippen LogP contribution in [0.3, 0.4) is 0 Å². The molecule has 1 saturated heterocycles. The minimum absolute atomic E-state index is 0.171. The van der Waals surface area contributed by atoms with E-state index in [1.165, 1.54) is 12.1 Å². The standard InChI is InChI=1S/C19H16F2N2O4/c1-2-27-19(26)11-3-6-13(7-4-11)22-15-10-17(24)23(18(15)25)16-8-5-12(20)9-14(16)21/h3-9,15,22H,2,10H2,1H3/t15-/m0/s1. The Balaban J connectivity index is 1.74. The molecule has 1 heterocycles. The lowest BCUT2D eigenvalue weighted by atomic mass is 10.2. The number of carbonyl (C=O) groups is 3. The summed E-state index contributed by atoms with van der Waals surface area (Å²) in [4.78, 5) is 37.1. The molecule has 0 bridgehead atoms. The van der Waals surface area contributed by atoms with Gasteiger partial charge < -0.3 is 10.1 Å². The van der Waals surface area contributed by atoms with Gasteiger partial charge in [0.2, 0.25) is 5.91 Å². The number of nitrogens with one attached hydrogen (secondary N) is 1. The lowest BCUT2D eigenvalue weighted by Crippen LogP contribution is -2.35. The van der Waals surface area contributed by atoms with Gasteiger partial charge in [0.05, 0.1) is 24.3 Å². The largest absolute Gasteiger partial charge is 0.462 e. The third kappa shape index (κ3) is 3.79. The maximum atomic E-state index is 13.9. The molecule has 6 nitrogen and oxygen atoms in total.